The first kappa shape index (κ1) is 22.1. The molecule has 1 amide bonds. The first-order valence-electron chi connectivity index (χ1n) is 11.1. The lowest BCUT2D eigenvalue weighted by Gasteiger charge is -2.55. The first-order valence-corrected chi connectivity index (χ1v) is 11.1. The molecular weight excluding hydrogens is 409 g/mol. The van der Waals surface area contributed by atoms with E-state index in [4.69, 9.17) is 9.90 Å². The average molecular weight is 438 g/mol. The molecule has 5 nitrogen and oxygen atoms in total. The van der Waals surface area contributed by atoms with Crippen LogP contribution in [0.4, 0.5) is 13.2 Å². The zero-order valence-corrected chi connectivity index (χ0v) is 17.4. The van der Waals surface area contributed by atoms with E-state index in [9.17, 15) is 18.0 Å². The number of amides is 1. The van der Waals surface area contributed by atoms with Gasteiger partial charge in [0, 0.05) is 37.3 Å². The molecule has 1 N–H and O–H groups in total. The number of benzene rings is 1. The van der Waals surface area contributed by atoms with Crippen molar-refractivity contribution in [2.24, 2.45) is 17.8 Å². The zero-order chi connectivity index (χ0) is 22.2. The molecule has 3 saturated heterocycles. The summed E-state index contributed by atoms with van der Waals surface area (Å²) in [5, 5.41) is 6.89. The van der Waals surface area contributed by atoms with Gasteiger partial charge >= 0.3 is 6.18 Å². The maximum atomic E-state index is 13.0. The van der Waals surface area contributed by atoms with Gasteiger partial charge in [-0.05, 0) is 74.1 Å². The highest BCUT2D eigenvalue weighted by atomic mass is 19.4. The van der Waals surface area contributed by atoms with E-state index < -0.39 is 11.7 Å². The molecule has 4 atom stereocenters. The zero-order valence-electron chi connectivity index (χ0n) is 17.4. The summed E-state index contributed by atoms with van der Waals surface area (Å²) in [6.45, 7) is 2.31. The highest BCUT2D eigenvalue weighted by Crippen LogP contribution is 2.46. The van der Waals surface area contributed by atoms with E-state index in [-0.39, 0.29) is 12.4 Å². The van der Waals surface area contributed by atoms with Crippen LogP contribution in [0.3, 0.4) is 0 Å². The Labute approximate surface area is 180 Å². The minimum absolute atomic E-state index is 0.119. The standard InChI is InChI=1S/C22H27F3N2O.CH2O2/c23-22(24,25)18-8-6-16(7-9-18)21(28)26-11-14-10-17(13-26)20-3-1-2-19(15-4-5-15)27(20)12-14;2-1-3/h6-9,14-15,17,19-20H,1-5,10-13H2;1H,(H,2,3)/t14-,17+,19+,20-;/m0./s1. The minimum Gasteiger partial charge on any atom is -0.483 e. The smallest absolute Gasteiger partial charge is 0.416 e. The molecule has 3 heterocycles. The summed E-state index contributed by atoms with van der Waals surface area (Å²) in [7, 11) is 0. The van der Waals surface area contributed by atoms with Crippen molar-refractivity contribution in [3.05, 3.63) is 35.4 Å². The average Bonchev–Trinajstić information content (AvgIpc) is 3.58. The minimum atomic E-state index is -4.37. The van der Waals surface area contributed by atoms with Gasteiger partial charge in [-0.3, -0.25) is 14.5 Å². The number of carbonyl (C=O) groups is 2. The van der Waals surface area contributed by atoms with Crippen LogP contribution in [0.5, 0.6) is 0 Å². The number of rotatable bonds is 2. The lowest BCUT2D eigenvalue weighted by molar-refractivity contribution is -0.137. The van der Waals surface area contributed by atoms with Crippen molar-refractivity contribution in [1.82, 2.24) is 9.80 Å². The van der Waals surface area contributed by atoms with Crippen LogP contribution in [-0.2, 0) is 11.0 Å². The maximum absolute atomic E-state index is 13.0. The van der Waals surface area contributed by atoms with Gasteiger partial charge in [0.05, 0.1) is 5.56 Å². The number of alkyl halides is 3. The summed E-state index contributed by atoms with van der Waals surface area (Å²) in [5.74, 6) is 1.78. The summed E-state index contributed by atoms with van der Waals surface area (Å²) in [4.78, 5) is 26.0. The van der Waals surface area contributed by atoms with Crippen molar-refractivity contribution in [1.29, 1.82) is 0 Å². The molecule has 5 rings (SSSR count). The number of hydrogen-bond acceptors (Lipinski definition) is 3. The van der Waals surface area contributed by atoms with Gasteiger partial charge in [-0.1, -0.05) is 6.42 Å². The second-order valence-electron chi connectivity index (χ2n) is 9.35. The van der Waals surface area contributed by atoms with Crippen molar-refractivity contribution in [2.45, 2.75) is 56.8 Å². The number of hydrogen-bond donors (Lipinski definition) is 1. The first-order chi connectivity index (χ1) is 14.8. The van der Waals surface area contributed by atoms with Crippen LogP contribution < -0.4 is 0 Å². The van der Waals surface area contributed by atoms with Gasteiger partial charge in [0.1, 0.15) is 0 Å². The predicted molar refractivity (Wildman–Crippen MR) is 108 cm³/mol. The molecule has 4 fully saturated rings. The van der Waals surface area contributed by atoms with Crippen LogP contribution in [-0.4, -0.2) is 59.0 Å². The lowest BCUT2D eigenvalue weighted by Crippen LogP contribution is -2.62. The molecule has 1 aromatic rings. The number of carbonyl (C=O) groups excluding carboxylic acids is 1. The van der Waals surface area contributed by atoms with Gasteiger partial charge in [0.15, 0.2) is 0 Å². The summed E-state index contributed by atoms with van der Waals surface area (Å²) < 4.78 is 38.3. The summed E-state index contributed by atoms with van der Waals surface area (Å²) in [5.41, 5.74) is -0.340. The Morgan fingerprint density at radius 1 is 0.968 bits per heavy atom. The summed E-state index contributed by atoms with van der Waals surface area (Å²) in [6, 6.07) is 6.01. The second-order valence-corrected chi connectivity index (χ2v) is 9.35. The van der Waals surface area contributed by atoms with Crippen LogP contribution in [0, 0.1) is 17.8 Å². The van der Waals surface area contributed by atoms with E-state index in [1.165, 1.54) is 50.7 Å². The summed E-state index contributed by atoms with van der Waals surface area (Å²) >= 11 is 0. The molecule has 170 valence electrons. The van der Waals surface area contributed by atoms with Crippen molar-refractivity contribution in [3.8, 4) is 0 Å². The van der Waals surface area contributed by atoms with Crippen LogP contribution in [0.2, 0.25) is 0 Å². The quantitative estimate of drug-likeness (QED) is 0.706. The highest BCUT2D eigenvalue weighted by Gasteiger charge is 2.48. The Morgan fingerprint density at radius 3 is 2.16 bits per heavy atom. The Hall–Kier alpha value is -2.09. The Morgan fingerprint density at radius 2 is 1.58 bits per heavy atom. The third kappa shape index (κ3) is 4.73. The third-order valence-corrected chi connectivity index (χ3v) is 7.35. The van der Waals surface area contributed by atoms with Gasteiger partial charge in [0.25, 0.3) is 12.4 Å². The molecule has 0 spiro atoms. The van der Waals surface area contributed by atoms with E-state index in [0.29, 0.717) is 23.4 Å². The highest BCUT2D eigenvalue weighted by molar-refractivity contribution is 5.94. The van der Waals surface area contributed by atoms with Gasteiger partial charge in [-0.2, -0.15) is 13.2 Å². The van der Waals surface area contributed by atoms with E-state index in [2.05, 4.69) is 4.90 Å². The Bertz CT molecular complexity index is 794. The Balaban J connectivity index is 0.000000730. The molecule has 3 aliphatic heterocycles. The molecule has 2 bridgehead atoms. The number of carboxylic acid groups (broad SMARTS) is 1. The SMILES string of the molecule is O=C(c1ccc(C(F)(F)F)cc1)N1C[C@@H]2C[C@H](C1)[C@@H]1CCC[C@H](C3CC3)N1C2.O=CO. The number of likely N-dealkylation sites (tertiary alicyclic amines) is 1. The van der Waals surface area contributed by atoms with E-state index >= 15 is 0 Å². The molecule has 0 unspecified atom stereocenters. The predicted octanol–water partition coefficient (Wildman–Crippen LogP) is 4.13. The van der Waals surface area contributed by atoms with E-state index in [0.717, 1.165) is 43.7 Å². The largest absolute Gasteiger partial charge is 0.483 e. The molecule has 8 heteroatoms. The van der Waals surface area contributed by atoms with E-state index in [1.807, 2.05) is 4.90 Å². The fraction of sp³-hybridized carbons (Fsp3) is 0.652. The molecule has 4 aliphatic rings. The van der Waals surface area contributed by atoms with Gasteiger partial charge in [-0.15, -0.1) is 0 Å². The van der Waals surface area contributed by atoms with Crippen LogP contribution in [0.1, 0.15) is 54.4 Å². The van der Waals surface area contributed by atoms with E-state index in [1.54, 1.807) is 0 Å². The van der Waals surface area contributed by atoms with Crippen LogP contribution in [0.25, 0.3) is 0 Å². The molecule has 1 saturated carbocycles. The fourth-order valence-corrected chi connectivity index (χ4v) is 5.98. The number of piperidine rings is 3. The van der Waals surface area contributed by atoms with Gasteiger partial charge in [0.2, 0.25) is 0 Å². The number of fused-ring (bicyclic) bond motifs is 4. The van der Waals surface area contributed by atoms with Crippen molar-refractivity contribution < 1.29 is 27.9 Å². The summed E-state index contributed by atoms with van der Waals surface area (Å²) in [6.07, 6.45) is 3.42. The Kier molecular flexibility index (Phi) is 6.28. The molecule has 31 heavy (non-hydrogen) atoms. The fourth-order valence-electron chi connectivity index (χ4n) is 5.98. The number of nitrogens with zero attached hydrogens (tertiary/aromatic N) is 2. The molecule has 1 aliphatic carbocycles. The van der Waals surface area contributed by atoms with Crippen LogP contribution >= 0.6 is 0 Å². The van der Waals surface area contributed by atoms with Crippen molar-refractivity contribution in [3.63, 3.8) is 0 Å². The second kappa shape index (κ2) is 8.81. The van der Waals surface area contributed by atoms with Crippen LogP contribution in [0.15, 0.2) is 24.3 Å². The maximum Gasteiger partial charge on any atom is 0.416 e. The van der Waals surface area contributed by atoms with Gasteiger partial charge in [-0.25, -0.2) is 0 Å². The van der Waals surface area contributed by atoms with Gasteiger partial charge < -0.3 is 10.0 Å². The molecular formula is C23H29F3N2O3. The molecule has 0 aromatic heterocycles. The van der Waals surface area contributed by atoms with Crippen molar-refractivity contribution in [2.75, 3.05) is 19.6 Å². The topological polar surface area (TPSA) is 60.9 Å². The monoisotopic (exact) mass is 438 g/mol. The number of halogens is 3. The lowest BCUT2D eigenvalue weighted by atomic mass is 9.74. The third-order valence-electron chi connectivity index (χ3n) is 7.35. The molecule has 0 radical (unpaired) electrons. The van der Waals surface area contributed by atoms with Crippen molar-refractivity contribution >= 4 is 12.4 Å². The molecule has 1 aromatic carbocycles. The normalized spacial score (nSPS) is 30.6.